The third-order valence-electron chi connectivity index (χ3n) is 7.63. The van der Waals surface area contributed by atoms with E-state index >= 15 is 0 Å². The molecule has 4 nitrogen and oxygen atoms in total. The highest BCUT2D eigenvalue weighted by Crippen LogP contribution is 2.49. The molecule has 4 aliphatic carbocycles. The van der Waals surface area contributed by atoms with Crippen molar-refractivity contribution >= 4 is 11.8 Å². The molecule has 0 saturated heterocycles. The number of hydrogen-bond donors (Lipinski definition) is 2. The van der Waals surface area contributed by atoms with Crippen molar-refractivity contribution in [3.8, 4) is 0 Å². The highest BCUT2D eigenvalue weighted by molar-refractivity contribution is 5.80. The van der Waals surface area contributed by atoms with Crippen LogP contribution in [0.1, 0.15) is 65.2 Å². The molecular formula is C21H34N2O2. The van der Waals surface area contributed by atoms with Crippen molar-refractivity contribution in [1.82, 2.24) is 10.6 Å². The first-order valence-corrected chi connectivity index (χ1v) is 10.5. The first-order valence-electron chi connectivity index (χ1n) is 10.5. The Morgan fingerprint density at radius 2 is 1.20 bits per heavy atom. The van der Waals surface area contributed by atoms with E-state index in [-0.39, 0.29) is 29.1 Å². The Balaban J connectivity index is 1.20. The van der Waals surface area contributed by atoms with Crippen LogP contribution in [0, 0.1) is 40.9 Å². The second-order valence-corrected chi connectivity index (χ2v) is 10.2. The first-order chi connectivity index (χ1) is 11.9. The fourth-order valence-corrected chi connectivity index (χ4v) is 6.11. The summed E-state index contributed by atoms with van der Waals surface area (Å²) in [4.78, 5) is 25.0. The lowest BCUT2D eigenvalue weighted by Gasteiger charge is -2.29. The van der Waals surface area contributed by atoms with Crippen LogP contribution in [0.3, 0.4) is 0 Å². The van der Waals surface area contributed by atoms with Gasteiger partial charge in [-0.1, -0.05) is 26.7 Å². The van der Waals surface area contributed by atoms with Gasteiger partial charge >= 0.3 is 0 Å². The van der Waals surface area contributed by atoms with E-state index in [1.807, 2.05) is 0 Å². The lowest BCUT2D eigenvalue weighted by molar-refractivity contribution is -0.127. The normalized spacial score (nSPS) is 39.0. The maximum atomic E-state index is 12.5. The van der Waals surface area contributed by atoms with E-state index in [0.717, 1.165) is 24.7 Å². The molecule has 0 heterocycles. The maximum absolute atomic E-state index is 12.5. The number of rotatable bonds is 6. The quantitative estimate of drug-likeness (QED) is 0.776. The molecule has 25 heavy (non-hydrogen) atoms. The molecule has 4 rings (SSSR count). The Bertz CT molecular complexity index is 498. The third-order valence-corrected chi connectivity index (χ3v) is 7.63. The van der Waals surface area contributed by atoms with Crippen molar-refractivity contribution in [3.05, 3.63) is 0 Å². The summed E-state index contributed by atoms with van der Waals surface area (Å²) in [5, 5.41) is 6.36. The second-order valence-electron chi connectivity index (χ2n) is 10.2. The number of carbonyl (C=O) groups excluding carboxylic acids is 2. The van der Waals surface area contributed by atoms with Gasteiger partial charge in [0.05, 0.1) is 0 Å². The minimum absolute atomic E-state index is 0.0967. The zero-order valence-corrected chi connectivity index (χ0v) is 15.9. The largest absolute Gasteiger partial charge is 0.355 e. The molecule has 4 fully saturated rings. The molecule has 0 unspecified atom stereocenters. The van der Waals surface area contributed by atoms with Gasteiger partial charge in [-0.15, -0.1) is 0 Å². The van der Waals surface area contributed by atoms with Crippen LogP contribution in [0.2, 0.25) is 0 Å². The van der Waals surface area contributed by atoms with Crippen LogP contribution in [-0.4, -0.2) is 24.9 Å². The summed E-state index contributed by atoms with van der Waals surface area (Å²) in [6.45, 7) is 5.57. The number of hydrogen-bond acceptors (Lipinski definition) is 2. The van der Waals surface area contributed by atoms with Gasteiger partial charge in [-0.25, -0.2) is 0 Å². The molecule has 2 N–H and O–H groups in total. The monoisotopic (exact) mass is 346 g/mol. The van der Waals surface area contributed by atoms with E-state index in [0.29, 0.717) is 24.9 Å². The molecule has 4 bridgehead atoms. The summed E-state index contributed by atoms with van der Waals surface area (Å²) >= 11 is 0. The van der Waals surface area contributed by atoms with E-state index in [4.69, 9.17) is 0 Å². The molecule has 0 aromatic rings. The summed E-state index contributed by atoms with van der Waals surface area (Å²) in [5.41, 5.74) is -0.0967. The van der Waals surface area contributed by atoms with E-state index in [1.165, 1.54) is 38.5 Å². The Morgan fingerprint density at radius 3 is 1.52 bits per heavy atom. The molecule has 0 radical (unpaired) electrons. The van der Waals surface area contributed by atoms with Gasteiger partial charge in [-0.2, -0.15) is 0 Å². The topological polar surface area (TPSA) is 58.2 Å². The lowest BCUT2D eigenvalue weighted by atomic mass is 9.86. The maximum Gasteiger partial charge on any atom is 0.223 e. The zero-order valence-electron chi connectivity index (χ0n) is 15.9. The number of fused-ring (bicyclic) bond motifs is 4. The van der Waals surface area contributed by atoms with Crippen LogP contribution in [0.5, 0.6) is 0 Å². The summed E-state index contributed by atoms with van der Waals surface area (Å²) < 4.78 is 0. The summed E-state index contributed by atoms with van der Waals surface area (Å²) in [7, 11) is 0. The van der Waals surface area contributed by atoms with Crippen LogP contribution < -0.4 is 10.6 Å². The lowest BCUT2D eigenvalue weighted by Crippen LogP contribution is -2.45. The van der Waals surface area contributed by atoms with E-state index in [9.17, 15) is 9.59 Å². The van der Waals surface area contributed by atoms with Gasteiger partial charge in [0.1, 0.15) is 0 Å². The smallest absolute Gasteiger partial charge is 0.223 e. The van der Waals surface area contributed by atoms with Crippen molar-refractivity contribution in [1.29, 1.82) is 0 Å². The van der Waals surface area contributed by atoms with Gasteiger partial charge < -0.3 is 10.6 Å². The van der Waals surface area contributed by atoms with Crippen LogP contribution in [0.15, 0.2) is 0 Å². The fourth-order valence-electron chi connectivity index (χ4n) is 6.11. The number of nitrogens with one attached hydrogen (secondary N) is 2. The van der Waals surface area contributed by atoms with Crippen LogP contribution in [0.25, 0.3) is 0 Å². The Kier molecular flexibility index (Phi) is 4.57. The Hall–Kier alpha value is -1.06. The fraction of sp³-hybridized carbons (Fsp3) is 0.905. The molecule has 0 spiro atoms. The van der Waals surface area contributed by atoms with Crippen molar-refractivity contribution in [2.24, 2.45) is 40.9 Å². The zero-order chi connectivity index (χ0) is 17.6. The van der Waals surface area contributed by atoms with Crippen LogP contribution >= 0.6 is 0 Å². The van der Waals surface area contributed by atoms with Crippen LogP contribution in [-0.2, 0) is 9.59 Å². The van der Waals surface area contributed by atoms with Crippen molar-refractivity contribution in [3.63, 3.8) is 0 Å². The molecule has 2 amide bonds. The molecule has 4 saturated carbocycles. The third kappa shape index (κ3) is 3.59. The van der Waals surface area contributed by atoms with Gasteiger partial charge in [0.15, 0.2) is 0 Å². The second kappa shape index (κ2) is 6.59. The standard InChI is InChI=1S/C21H34N2O2/c1-21(2,11-22-19(24)17-9-13-3-5-15(17)7-13)12-23-20(25)18-10-14-4-6-16(18)8-14/h13-18H,3-12H2,1-2H3,(H,22,24)(H,23,25)/t13-,14-,15-,16-,17-,18-/m0/s1. The molecular weight excluding hydrogens is 312 g/mol. The SMILES string of the molecule is CC(C)(CNC(=O)[C@H]1C[C@H]2CC[C@H]1C2)CNC(=O)[C@H]1C[C@H]2CC[C@H]1C2. The van der Waals surface area contributed by atoms with Gasteiger partial charge in [-0.05, 0) is 67.6 Å². The van der Waals surface area contributed by atoms with Crippen molar-refractivity contribution in [2.45, 2.75) is 65.2 Å². The molecule has 0 aromatic heterocycles. The van der Waals surface area contributed by atoms with Gasteiger partial charge in [-0.3, -0.25) is 9.59 Å². The van der Waals surface area contributed by atoms with Crippen molar-refractivity contribution in [2.75, 3.05) is 13.1 Å². The molecule has 0 aromatic carbocycles. The highest BCUT2D eigenvalue weighted by Gasteiger charge is 2.44. The van der Waals surface area contributed by atoms with Gasteiger partial charge in [0.25, 0.3) is 0 Å². The summed E-state index contributed by atoms with van der Waals surface area (Å²) in [6.07, 6.45) is 9.86. The van der Waals surface area contributed by atoms with E-state index < -0.39 is 0 Å². The molecule has 0 aliphatic heterocycles. The minimum atomic E-state index is -0.0967. The predicted molar refractivity (Wildman–Crippen MR) is 97.7 cm³/mol. The highest BCUT2D eigenvalue weighted by atomic mass is 16.2. The van der Waals surface area contributed by atoms with Gasteiger partial charge in [0, 0.05) is 24.9 Å². The average molecular weight is 347 g/mol. The molecule has 6 atom stereocenters. The summed E-state index contributed by atoms with van der Waals surface area (Å²) in [5.74, 6) is 3.86. The molecule has 140 valence electrons. The van der Waals surface area contributed by atoms with E-state index in [1.54, 1.807) is 0 Å². The average Bonchev–Trinajstić information content (AvgIpc) is 3.37. The summed E-state index contributed by atoms with van der Waals surface area (Å²) in [6, 6.07) is 0. The predicted octanol–water partition coefficient (Wildman–Crippen LogP) is 3.12. The molecule has 4 heteroatoms. The minimum Gasteiger partial charge on any atom is -0.355 e. The van der Waals surface area contributed by atoms with Crippen molar-refractivity contribution < 1.29 is 9.59 Å². The van der Waals surface area contributed by atoms with E-state index in [2.05, 4.69) is 24.5 Å². The van der Waals surface area contributed by atoms with Gasteiger partial charge in [0.2, 0.25) is 11.8 Å². The Morgan fingerprint density at radius 1 is 0.760 bits per heavy atom. The molecule has 4 aliphatic rings. The number of amides is 2. The number of carbonyl (C=O) groups is 2. The first kappa shape index (κ1) is 17.4. The Labute approximate surface area is 151 Å². The van der Waals surface area contributed by atoms with Crippen LogP contribution in [0.4, 0.5) is 0 Å².